The first-order valence-electron chi connectivity index (χ1n) is 5.12. The van der Waals surface area contributed by atoms with Crippen LogP contribution in [0.2, 0.25) is 0 Å². The molecule has 0 aliphatic rings. The lowest BCUT2D eigenvalue weighted by molar-refractivity contribution is -0.146. The molecule has 0 unspecified atom stereocenters. The predicted octanol–water partition coefficient (Wildman–Crippen LogP) is 0.401. The monoisotopic (exact) mass is 253 g/mol. The summed E-state index contributed by atoms with van der Waals surface area (Å²) in [5.41, 5.74) is 0.242. The van der Waals surface area contributed by atoms with Gasteiger partial charge in [-0.25, -0.2) is 9.18 Å². The van der Waals surface area contributed by atoms with Crippen LogP contribution in [0.25, 0.3) is 6.08 Å². The molecule has 0 saturated carbocycles. The molecule has 5 nitrogen and oxygen atoms in total. The molecule has 0 spiro atoms. The average Bonchev–Trinajstić information content (AvgIpc) is 2.34. The van der Waals surface area contributed by atoms with E-state index in [4.69, 9.17) is 10.2 Å². The smallest absolute Gasteiger partial charge is 0.334 e. The summed E-state index contributed by atoms with van der Waals surface area (Å²) in [4.78, 5) is 21.5. The Bertz CT molecular complexity index is 473. The number of aliphatic hydroxyl groups is 1. The fourth-order valence-corrected chi connectivity index (χ4v) is 1.12. The van der Waals surface area contributed by atoms with Gasteiger partial charge in [0.25, 0.3) is 0 Å². The Hall–Kier alpha value is -2.21. The molecule has 0 radical (unpaired) electrons. The van der Waals surface area contributed by atoms with Crippen molar-refractivity contribution in [2.45, 2.75) is 6.10 Å². The molecule has 1 aromatic rings. The van der Waals surface area contributed by atoms with Crippen molar-refractivity contribution in [3.63, 3.8) is 0 Å². The van der Waals surface area contributed by atoms with Crippen LogP contribution in [0.15, 0.2) is 30.3 Å². The molecule has 0 fully saturated rings. The van der Waals surface area contributed by atoms with Gasteiger partial charge < -0.3 is 15.5 Å². The van der Waals surface area contributed by atoms with E-state index in [1.54, 1.807) is 6.07 Å². The number of carbonyl (C=O) groups excluding carboxylic acids is 1. The molecule has 18 heavy (non-hydrogen) atoms. The van der Waals surface area contributed by atoms with E-state index >= 15 is 0 Å². The molecule has 1 aromatic carbocycles. The number of rotatable bonds is 5. The Morgan fingerprint density at radius 1 is 1.39 bits per heavy atom. The second-order valence-corrected chi connectivity index (χ2v) is 3.45. The first-order valence-corrected chi connectivity index (χ1v) is 5.12. The normalized spacial score (nSPS) is 12.3. The molecule has 0 aliphatic carbocycles. The number of nitrogens with one attached hydrogen (secondary N) is 1. The maximum absolute atomic E-state index is 13.2. The molecule has 1 rings (SSSR count). The molecule has 0 heterocycles. The molecule has 0 aliphatic heterocycles. The van der Waals surface area contributed by atoms with Gasteiger partial charge in [-0.3, -0.25) is 4.79 Å². The van der Waals surface area contributed by atoms with E-state index in [-0.39, 0.29) is 5.56 Å². The van der Waals surface area contributed by atoms with Crippen LogP contribution in [0.5, 0.6) is 0 Å². The largest absolute Gasteiger partial charge is 0.479 e. The van der Waals surface area contributed by atoms with E-state index in [1.807, 2.05) is 0 Å². The molecule has 6 heteroatoms. The highest BCUT2D eigenvalue weighted by atomic mass is 19.1. The summed E-state index contributed by atoms with van der Waals surface area (Å²) in [7, 11) is 0. The van der Waals surface area contributed by atoms with Crippen molar-refractivity contribution in [2.24, 2.45) is 0 Å². The van der Waals surface area contributed by atoms with Crippen molar-refractivity contribution >= 4 is 18.0 Å². The Labute approximate surface area is 103 Å². The predicted molar refractivity (Wildman–Crippen MR) is 62.1 cm³/mol. The van der Waals surface area contributed by atoms with Crippen LogP contribution in [0.4, 0.5) is 4.39 Å². The van der Waals surface area contributed by atoms with Gasteiger partial charge in [0.2, 0.25) is 5.91 Å². The number of benzene rings is 1. The Kier molecular flexibility index (Phi) is 5.01. The van der Waals surface area contributed by atoms with Crippen LogP contribution in [0, 0.1) is 5.82 Å². The second kappa shape index (κ2) is 6.51. The molecule has 96 valence electrons. The van der Waals surface area contributed by atoms with E-state index in [0.29, 0.717) is 0 Å². The number of aliphatic hydroxyl groups excluding tert-OH is 1. The van der Waals surface area contributed by atoms with Gasteiger partial charge in [-0.05, 0) is 12.1 Å². The highest BCUT2D eigenvalue weighted by Gasteiger charge is 2.12. The van der Waals surface area contributed by atoms with Crippen molar-refractivity contribution in [2.75, 3.05) is 6.54 Å². The average molecular weight is 253 g/mol. The van der Waals surface area contributed by atoms with Crippen LogP contribution in [-0.2, 0) is 9.59 Å². The van der Waals surface area contributed by atoms with E-state index in [2.05, 4.69) is 5.32 Å². The quantitative estimate of drug-likeness (QED) is 0.663. The minimum atomic E-state index is -1.66. The van der Waals surface area contributed by atoms with Gasteiger partial charge in [0, 0.05) is 11.6 Å². The van der Waals surface area contributed by atoms with Gasteiger partial charge in [0.1, 0.15) is 5.82 Å². The summed E-state index contributed by atoms with van der Waals surface area (Å²) in [6.07, 6.45) is 0.668. The summed E-state index contributed by atoms with van der Waals surface area (Å²) in [6.45, 7) is -0.407. The standard InChI is InChI=1S/C12H12FNO4/c13-9-4-2-1-3-8(9)5-6-11(16)14-7-10(15)12(17)18/h1-6,10,15H,7H2,(H,14,16)(H,17,18)/b6-5+/t10-/m0/s1. The molecule has 0 aromatic heterocycles. The molecule has 1 atom stereocenters. The van der Waals surface area contributed by atoms with E-state index < -0.39 is 30.3 Å². The van der Waals surface area contributed by atoms with Crippen molar-refractivity contribution in [1.29, 1.82) is 0 Å². The fraction of sp³-hybridized carbons (Fsp3) is 0.167. The zero-order valence-electron chi connectivity index (χ0n) is 9.34. The minimum Gasteiger partial charge on any atom is -0.479 e. The lowest BCUT2D eigenvalue weighted by Crippen LogP contribution is -2.35. The maximum Gasteiger partial charge on any atom is 0.334 e. The zero-order chi connectivity index (χ0) is 13.5. The molecular weight excluding hydrogens is 241 g/mol. The molecule has 0 bridgehead atoms. The van der Waals surface area contributed by atoms with Gasteiger partial charge in [-0.15, -0.1) is 0 Å². The summed E-state index contributed by atoms with van der Waals surface area (Å²) in [5, 5.41) is 19.5. The third-order valence-electron chi connectivity index (χ3n) is 2.07. The van der Waals surface area contributed by atoms with Crippen molar-refractivity contribution in [1.82, 2.24) is 5.32 Å². The highest BCUT2D eigenvalue weighted by molar-refractivity contribution is 5.92. The Morgan fingerprint density at radius 3 is 2.67 bits per heavy atom. The van der Waals surface area contributed by atoms with Gasteiger partial charge in [0.15, 0.2) is 6.10 Å². The topological polar surface area (TPSA) is 86.6 Å². The van der Waals surface area contributed by atoms with Crippen molar-refractivity contribution < 1.29 is 24.2 Å². The van der Waals surface area contributed by atoms with Gasteiger partial charge in [0.05, 0.1) is 6.54 Å². The van der Waals surface area contributed by atoms with E-state index in [9.17, 15) is 14.0 Å². The SMILES string of the molecule is O=C(/C=C/c1ccccc1F)NC[C@H](O)C(=O)O. The Morgan fingerprint density at radius 2 is 2.06 bits per heavy atom. The van der Waals surface area contributed by atoms with Crippen LogP contribution >= 0.6 is 0 Å². The zero-order valence-corrected chi connectivity index (χ0v) is 9.34. The van der Waals surface area contributed by atoms with Crippen LogP contribution in [0.3, 0.4) is 0 Å². The fourth-order valence-electron chi connectivity index (χ4n) is 1.12. The molecule has 3 N–H and O–H groups in total. The summed E-state index contributed by atoms with van der Waals surface area (Å²) >= 11 is 0. The van der Waals surface area contributed by atoms with Crippen LogP contribution < -0.4 is 5.32 Å². The second-order valence-electron chi connectivity index (χ2n) is 3.45. The first kappa shape index (κ1) is 13.9. The number of carboxylic acids is 1. The van der Waals surface area contributed by atoms with Crippen LogP contribution in [-0.4, -0.2) is 34.7 Å². The van der Waals surface area contributed by atoms with Crippen LogP contribution in [0.1, 0.15) is 5.56 Å². The van der Waals surface area contributed by atoms with Crippen molar-refractivity contribution in [3.05, 3.63) is 41.7 Å². The summed E-state index contributed by atoms with van der Waals surface area (Å²) in [5.74, 6) is -2.50. The third-order valence-corrected chi connectivity index (χ3v) is 2.07. The lowest BCUT2D eigenvalue weighted by atomic mass is 10.2. The minimum absolute atomic E-state index is 0.242. The summed E-state index contributed by atoms with van der Waals surface area (Å²) < 4.78 is 13.2. The third kappa shape index (κ3) is 4.34. The maximum atomic E-state index is 13.2. The summed E-state index contributed by atoms with van der Waals surface area (Å²) in [6, 6.07) is 5.89. The number of hydrogen-bond acceptors (Lipinski definition) is 3. The molecular formula is C12H12FNO4. The number of carboxylic acid groups (broad SMARTS) is 1. The van der Waals surface area contributed by atoms with Gasteiger partial charge in [-0.2, -0.15) is 0 Å². The van der Waals surface area contributed by atoms with Gasteiger partial charge in [-0.1, -0.05) is 18.2 Å². The molecule has 1 amide bonds. The number of hydrogen-bond donors (Lipinski definition) is 3. The lowest BCUT2D eigenvalue weighted by Gasteiger charge is -2.05. The number of amides is 1. The number of carbonyl (C=O) groups is 2. The van der Waals surface area contributed by atoms with E-state index in [1.165, 1.54) is 24.3 Å². The van der Waals surface area contributed by atoms with Crippen molar-refractivity contribution in [3.8, 4) is 0 Å². The molecule has 0 saturated heterocycles. The first-order chi connectivity index (χ1) is 8.50. The number of halogens is 1. The number of aliphatic carboxylic acids is 1. The van der Waals surface area contributed by atoms with Gasteiger partial charge >= 0.3 is 5.97 Å². The Balaban J connectivity index is 2.50. The van der Waals surface area contributed by atoms with E-state index in [0.717, 1.165) is 6.08 Å². The highest BCUT2D eigenvalue weighted by Crippen LogP contribution is 2.07.